The molecule has 374 valence electrons. The Morgan fingerprint density at radius 2 is 1.00 bits per heavy atom. The highest BCUT2D eigenvalue weighted by molar-refractivity contribution is 7.98. The first-order valence-corrected chi connectivity index (χ1v) is 20.1. The molecule has 11 nitrogen and oxygen atoms in total. The topological polar surface area (TPSA) is 128 Å². The van der Waals surface area contributed by atoms with Gasteiger partial charge in [-0.05, 0) is 25.6 Å². The Labute approximate surface area is 338 Å². The van der Waals surface area contributed by atoms with Crippen LogP contribution in [0.3, 0.4) is 0 Å². The monoisotopic (exact) mass is 1010 g/mol. The Morgan fingerprint density at radius 3 is 1.40 bits per heavy atom. The maximum Gasteiger partial charge on any atom is 0.457 e. The largest absolute Gasteiger partial charge is 0.457 e. The molecule has 8 unspecified atom stereocenters. The molecule has 8 atom stereocenters. The van der Waals surface area contributed by atoms with Crippen LogP contribution in [0, 0.1) is 5.92 Å². The lowest BCUT2D eigenvalue weighted by molar-refractivity contribution is -0.478. The minimum absolute atomic E-state index is 0.234. The van der Waals surface area contributed by atoms with E-state index in [1.54, 1.807) is 0 Å². The van der Waals surface area contributed by atoms with Gasteiger partial charge in [0, 0.05) is 22.9 Å². The van der Waals surface area contributed by atoms with E-state index in [2.05, 4.69) is 24.8 Å². The molecule has 0 aromatic heterocycles. The fourth-order valence-electron chi connectivity index (χ4n) is 4.29. The number of nitrogens with one attached hydrogen (secondary N) is 1. The van der Waals surface area contributed by atoms with Crippen LogP contribution in [0.2, 0.25) is 0 Å². The molecule has 0 amide bonds. The van der Waals surface area contributed by atoms with Gasteiger partial charge in [0.1, 0.15) is 6.61 Å². The fourth-order valence-corrected chi connectivity index (χ4v) is 7.75. The maximum atomic E-state index is 14.2. The molecule has 34 heteroatoms. The van der Waals surface area contributed by atoms with E-state index in [-0.39, 0.29) is 20.3 Å². The van der Waals surface area contributed by atoms with E-state index >= 15 is 0 Å². The number of halogens is 21. The van der Waals surface area contributed by atoms with Crippen LogP contribution in [0.25, 0.3) is 0 Å². The average Bonchev–Trinajstić information content (AvgIpc) is 3.03. The summed E-state index contributed by atoms with van der Waals surface area (Å²) in [6, 6.07) is -1.24. The van der Waals surface area contributed by atoms with E-state index < -0.39 is 148 Å². The summed E-state index contributed by atoms with van der Waals surface area (Å²) in [6.45, 7) is -2.23. The quantitative estimate of drug-likeness (QED) is 0.0531. The van der Waals surface area contributed by atoms with E-state index in [9.17, 15) is 105 Å². The standard InChI is InChI=1S/C28H38F21NO10S2/c1-15(11-62(52,53)13-19(22(35,36)37)60-28(48,49)24(39,26(43,44)45)58-14-20(29,30)31)8-55-6-7-56-10-17(3)57-9-16(2)50-61(5,51)12-18(21(32,33)34)59-27(46,47)23(38,54-4)25(40,41)42/h15-19H,5-14H2,1-4H3,(H,50,51). The lowest BCUT2D eigenvalue weighted by Crippen LogP contribution is -2.61. The first kappa shape index (κ1) is 60.2. The molecule has 0 aliphatic rings. The number of hydrogen-bond donors (Lipinski definition) is 1. The third-order valence-electron chi connectivity index (χ3n) is 7.04. The van der Waals surface area contributed by atoms with Crippen LogP contribution < -0.4 is 4.72 Å². The van der Waals surface area contributed by atoms with Gasteiger partial charge in [-0.2, -0.15) is 92.2 Å². The summed E-state index contributed by atoms with van der Waals surface area (Å²) >= 11 is 0. The molecule has 1 N–H and O–H groups in total. The summed E-state index contributed by atoms with van der Waals surface area (Å²) in [5.41, 5.74) is 0. The van der Waals surface area contributed by atoms with Crippen LogP contribution in [0.5, 0.6) is 0 Å². The summed E-state index contributed by atoms with van der Waals surface area (Å²) in [4.78, 5) is 0. The van der Waals surface area contributed by atoms with Gasteiger partial charge in [-0.3, -0.25) is 4.21 Å². The molecule has 0 radical (unpaired) electrons. The van der Waals surface area contributed by atoms with E-state index in [0.29, 0.717) is 0 Å². The molecule has 62 heavy (non-hydrogen) atoms. The van der Waals surface area contributed by atoms with Gasteiger partial charge in [-0.25, -0.2) is 13.1 Å². The predicted octanol–water partition coefficient (Wildman–Crippen LogP) is 6.85. The third kappa shape index (κ3) is 19.0. The predicted molar refractivity (Wildman–Crippen MR) is 168 cm³/mol. The van der Waals surface area contributed by atoms with Gasteiger partial charge in [0.15, 0.2) is 22.0 Å². The van der Waals surface area contributed by atoms with E-state index in [1.165, 1.54) is 6.92 Å². The molecule has 0 heterocycles. The van der Waals surface area contributed by atoms with Crippen LogP contribution >= 0.6 is 0 Å². The van der Waals surface area contributed by atoms with Gasteiger partial charge in [0.05, 0.1) is 56.4 Å². The minimum Gasteiger partial charge on any atom is -0.379 e. The second-order valence-corrected chi connectivity index (χ2v) is 17.4. The lowest BCUT2D eigenvalue weighted by Gasteiger charge is -2.36. The molecule has 0 bridgehead atoms. The van der Waals surface area contributed by atoms with Crippen LogP contribution in [0.15, 0.2) is 0 Å². The van der Waals surface area contributed by atoms with Crippen molar-refractivity contribution in [2.75, 3.05) is 64.0 Å². The second-order valence-electron chi connectivity index (χ2n) is 13.1. The number of methoxy groups -OCH3 is 1. The van der Waals surface area contributed by atoms with Crippen molar-refractivity contribution in [3.8, 4) is 0 Å². The van der Waals surface area contributed by atoms with Crippen molar-refractivity contribution in [3.63, 3.8) is 0 Å². The van der Waals surface area contributed by atoms with Crippen LogP contribution in [-0.2, 0) is 52.7 Å². The molecule has 0 aliphatic heterocycles. The van der Waals surface area contributed by atoms with Crippen molar-refractivity contribution in [2.45, 2.75) is 99.9 Å². The molecule has 0 saturated carbocycles. The Balaban J connectivity index is 5.13. The molecule has 0 spiro atoms. The molecule has 0 aromatic carbocycles. The molecular weight excluding hydrogens is 973 g/mol. The van der Waals surface area contributed by atoms with Gasteiger partial charge in [-0.1, -0.05) is 6.92 Å². The maximum absolute atomic E-state index is 14.2. The normalized spacial score (nSPS) is 19.8. The highest BCUT2D eigenvalue weighted by atomic mass is 32.2. The number of rotatable bonds is 27. The fraction of sp³-hybridized carbons (Fsp3) is 0.964. The van der Waals surface area contributed by atoms with Crippen molar-refractivity contribution >= 4 is 25.4 Å². The van der Waals surface area contributed by atoms with E-state index in [0.717, 1.165) is 13.8 Å². The number of sulfone groups is 1. The Hall–Kier alpha value is -1.82. The number of alkyl halides is 21. The molecule has 0 rings (SSSR count). The number of ether oxygens (including phenoxy) is 7. The summed E-state index contributed by atoms with van der Waals surface area (Å²) in [6.07, 6.45) is -54.4. The zero-order valence-corrected chi connectivity index (χ0v) is 33.4. The zero-order chi connectivity index (χ0) is 49.4. The van der Waals surface area contributed by atoms with Gasteiger partial charge in [0.2, 0.25) is 0 Å². The third-order valence-corrected chi connectivity index (χ3v) is 10.6. The van der Waals surface area contributed by atoms with Gasteiger partial charge >= 0.3 is 54.8 Å². The molecule has 0 aliphatic carbocycles. The molecule has 0 fully saturated rings. The molecule has 0 saturated heterocycles. The van der Waals surface area contributed by atoms with Crippen molar-refractivity contribution in [3.05, 3.63) is 0 Å². The average molecular weight is 1010 g/mol. The Kier molecular flexibility index (Phi) is 21.0. The summed E-state index contributed by atoms with van der Waals surface area (Å²) in [5, 5.41) is 0. The van der Waals surface area contributed by atoms with Crippen molar-refractivity contribution < 1.29 is 138 Å². The highest BCUT2D eigenvalue weighted by Crippen LogP contribution is 2.50. The van der Waals surface area contributed by atoms with Crippen LogP contribution in [0.1, 0.15) is 20.8 Å². The first-order valence-electron chi connectivity index (χ1n) is 16.4. The SMILES string of the molecule is C=S(=O)(CC(OC(F)(F)C(F)(OC)C(F)(F)F)C(F)(F)F)NC(C)COC(C)COCCOCC(C)CS(=O)(=O)CC(OC(F)(F)C(F)(OCC(F)(F)F)C(F)(F)F)C(F)(F)F. The molecule has 0 aromatic rings. The molecular formula is C28H38F21NO10S2. The van der Waals surface area contributed by atoms with Crippen molar-refractivity contribution in [1.29, 1.82) is 0 Å². The van der Waals surface area contributed by atoms with Gasteiger partial charge in [-0.15, -0.1) is 0 Å². The van der Waals surface area contributed by atoms with E-state index in [1.807, 2.05) is 4.72 Å². The Bertz CT molecular complexity index is 1590. The zero-order valence-electron chi connectivity index (χ0n) is 31.8. The second kappa shape index (κ2) is 21.7. The summed E-state index contributed by atoms with van der Waals surface area (Å²) in [5.74, 6) is -17.3. The Morgan fingerprint density at radius 1 is 0.581 bits per heavy atom. The smallest absolute Gasteiger partial charge is 0.379 e. The van der Waals surface area contributed by atoms with Crippen LogP contribution in [0.4, 0.5) is 92.2 Å². The van der Waals surface area contributed by atoms with Gasteiger partial charge < -0.3 is 33.2 Å². The minimum atomic E-state index is -7.15. The number of hydrogen-bond acceptors (Lipinski definition) is 10. The van der Waals surface area contributed by atoms with Crippen molar-refractivity contribution in [2.24, 2.45) is 5.92 Å². The first-order chi connectivity index (χ1) is 27.3. The summed E-state index contributed by atoms with van der Waals surface area (Å²) < 4.78 is 345. The summed E-state index contributed by atoms with van der Waals surface area (Å²) in [7, 11) is -9.87. The van der Waals surface area contributed by atoms with Crippen molar-refractivity contribution in [1.82, 2.24) is 4.72 Å². The van der Waals surface area contributed by atoms with E-state index in [4.69, 9.17) is 14.2 Å². The van der Waals surface area contributed by atoms with Crippen LogP contribution in [-0.4, -0.2) is 162 Å². The highest BCUT2D eigenvalue weighted by Gasteiger charge is 2.77. The van der Waals surface area contributed by atoms with Gasteiger partial charge in [0.25, 0.3) is 0 Å². The lowest BCUT2D eigenvalue weighted by atomic mass is 10.2.